The van der Waals surface area contributed by atoms with Crippen LogP contribution in [0, 0.1) is 0 Å². The smallest absolute Gasteiger partial charge is 0.337 e. The van der Waals surface area contributed by atoms with Crippen molar-refractivity contribution in [3.8, 4) is 0 Å². The Kier molecular flexibility index (Phi) is 4.23. The molecule has 0 aliphatic rings. The molecule has 1 N–H and O–H groups in total. The van der Waals surface area contributed by atoms with Gasteiger partial charge in [0, 0.05) is 6.54 Å². The maximum Gasteiger partial charge on any atom is 0.337 e. The monoisotopic (exact) mass is 285 g/mol. The minimum Gasteiger partial charge on any atom is -0.506 e. The van der Waals surface area contributed by atoms with Gasteiger partial charge in [-0.1, -0.05) is 18.7 Å². The summed E-state index contributed by atoms with van der Waals surface area (Å²) in [6.45, 7) is 3.87. The number of carbonyl (C=O) groups excluding carboxylic acids is 2. The van der Waals surface area contributed by atoms with Gasteiger partial charge in [-0.2, -0.15) is 0 Å². The lowest BCUT2D eigenvalue weighted by Gasteiger charge is -2.11. The van der Waals surface area contributed by atoms with Gasteiger partial charge in [0.2, 0.25) is 0 Å². The zero-order valence-corrected chi connectivity index (χ0v) is 11.6. The SMILES string of the molecule is C=C(O)c1ccc(C=O)n1Cc1ccc(C(=O)OC)cc1. The molecule has 0 saturated carbocycles. The van der Waals surface area contributed by atoms with E-state index in [2.05, 4.69) is 11.3 Å². The third-order valence-corrected chi connectivity index (χ3v) is 3.15. The fourth-order valence-corrected chi connectivity index (χ4v) is 2.06. The van der Waals surface area contributed by atoms with E-state index in [1.54, 1.807) is 41.0 Å². The van der Waals surface area contributed by atoms with Gasteiger partial charge in [0.05, 0.1) is 24.1 Å². The van der Waals surface area contributed by atoms with Crippen molar-refractivity contribution in [3.63, 3.8) is 0 Å². The molecule has 1 aromatic carbocycles. The number of aromatic nitrogens is 1. The highest BCUT2D eigenvalue weighted by molar-refractivity contribution is 5.89. The maximum absolute atomic E-state index is 11.4. The molecule has 0 atom stereocenters. The molecule has 5 heteroatoms. The molecule has 0 radical (unpaired) electrons. The average Bonchev–Trinajstić information content (AvgIpc) is 2.90. The summed E-state index contributed by atoms with van der Waals surface area (Å²) in [5.41, 5.74) is 2.26. The molecule has 108 valence electrons. The third kappa shape index (κ3) is 3.02. The van der Waals surface area contributed by atoms with Crippen LogP contribution < -0.4 is 0 Å². The van der Waals surface area contributed by atoms with E-state index in [-0.39, 0.29) is 5.76 Å². The summed E-state index contributed by atoms with van der Waals surface area (Å²) in [5.74, 6) is -0.505. The second kappa shape index (κ2) is 6.09. The molecule has 1 heterocycles. The molecule has 0 aliphatic heterocycles. The minimum atomic E-state index is -0.402. The van der Waals surface area contributed by atoms with Crippen LogP contribution in [0.4, 0.5) is 0 Å². The fraction of sp³-hybridized carbons (Fsp3) is 0.125. The van der Waals surface area contributed by atoms with Crippen LogP contribution >= 0.6 is 0 Å². The van der Waals surface area contributed by atoms with E-state index < -0.39 is 5.97 Å². The second-order valence-electron chi connectivity index (χ2n) is 4.48. The topological polar surface area (TPSA) is 68.5 Å². The van der Waals surface area contributed by atoms with E-state index in [0.717, 1.165) is 11.8 Å². The second-order valence-corrected chi connectivity index (χ2v) is 4.48. The number of aliphatic hydroxyl groups is 1. The Hall–Kier alpha value is -2.82. The molecule has 0 unspecified atom stereocenters. The molecule has 2 rings (SSSR count). The van der Waals surface area contributed by atoms with Crippen molar-refractivity contribution in [2.75, 3.05) is 7.11 Å². The molecule has 0 aliphatic carbocycles. The molecule has 0 fully saturated rings. The predicted octanol–water partition coefficient (Wildman–Crippen LogP) is 2.66. The van der Waals surface area contributed by atoms with Crippen LogP contribution in [0.3, 0.4) is 0 Å². The van der Waals surface area contributed by atoms with Gasteiger partial charge in [-0.15, -0.1) is 0 Å². The number of hydrogen-bond donors (Lipinski definition) is 1. The first-order valence-corrected chi connectivity index (χ1v) is 6.27. The summed E-state index contributed by atoms with van der Waals surface area (Å²) in [5, 5.41) is 9.55. The molecule has 0 amide bonds. The molecule has 1 aromatic heterocycles. The van der Waals surface area contributed by atoms with Crippen LogP contribution in [0.5, 0.6) is 0 Å². The lowest BCUT2D eigenvalue weighted by Crippen LogP contribution is -2.08. The van der Waals surface area contributed by atoms with E-state index >= 15 is 0 Å². The molecule has 0 spiro atoms. The largest absolute Gasteiger partial charge is 0.506 e. The first kappa shape index (κ1) is 14.6. The van der Waals surface area contributed by atoms with Crippen molar-refractivity contribution < 1.29 is 19.4 Å². The quantitative estimate of drug-likeness (QED) is 0.521. The van der Waals surface area contributed by atoms with Crippen molar-refractivity contribution in [1.29, 1.82) is 0 Å². The third-order valence-electron chi connectivity index (χ3n) is 3.15. The van der Waals surface area contributed by atoms with Crippen molar-refractivity contribution in [2.45, 2.75) is 6.54 Å². The Morgan fingerprint density at radius 1 is 1.29 bits per heavy atom. The summed E-state index contributed by atoms with van der Waals surface area (Å²) in [7, 11) is 1.32. The molecule has 0 saturated heterocycles. The van der Waals surface area contributed by atoms with Crippen molar-refractivity contribution in [3.05, 3.63) is 65.5 Å². The normalized spacial score (nSPS) is 10.1. The summed E-state index contributed by atoms with van der Waals surface area (Å²) in [4.78, 5) is 22.4. The Bertz CT molecular complexity index is 683. The van der Waals surface area contributed by atoms with Gasteiger partial charge in [0.1, 0.15) is 5.76 Å². The average molecular weight is 285 g/mol. The van der Waals surface area contributed by atoms with Crippen LogP contribution in [0.1, 0.15) is 32.1 Å². The summed E-state index contributed by atoms with van der Waals surface area (Å²) >= 11 is 0. The summed E-state index contributed by atoms with van der Waals surface area (Å²) in [6, 6.07) is 10.1. The lowest BCUT2D eigenvalue weighted by atomic mass is 10.1. The van der Waals surface area contributed by atoms with Crippen LogP contribution in [-0.4, -0.2) is 29.0 Å². The zero-order valence-electron chi connectivity index (χ0n) is 11.6. The van der Waals surface area contributed by atoms with Gasteiger partial charge in [-0.05, 0) is 29.8 Å². The van der Waals surface area contributed by atoms with Crippen molar-refractivity contribution >= 4 is 18.0 Å². The Morgan fingerprint density at radius 3 is 2.48 bits per heavy atom. The van der Waals surface area contributed by atoms with Gasteiger partial charge in [-0.3, -0.25) is 4.79 Å². The standard InChI is InChI=1S/C16H15NO4/c1-11(19)15-8-7-14(10-18)17(15)9-12-3-5-13(6-4-12)16(20)21-2/h3-8,10,19H,1,9H2,2H3. The zero-order chi connectivity index (χ0) is 15.4. The van der Waals surface area contributed by atoms with E-state index in [9.17, 15) is 14.7 Å². The number of ether oxygens (including phenoxy) is 1. The number of methoxy groups -OCH3 is 1. The number of benzene rings is 1. The van der Waals surface area contributed by atoms with Gasteiger partial charge >= 0.3 is 5.97 Å². The molecule has 2 aromatic rings. The van der Waals surface area contributed by atoms with Gasteiger partial charge in [0.25, 0.3) is 0 Å². The fourth-order valence-electron chi connectivity index (χ4n) is 2.06. The highest BCUT2D eigenvalue weighted by atomic mass is 16.5. The number of nitrogens with zero attached hydrogens (tertiary/aromatic N) is 1. The van der Waals surface area contributed by atoms with Crippen molar-refractivity contribution in [1.82, 2.24) is 4.57 Å². The van der Waals surface area contributed by atoms with Gasteiger partial charge < -0.3 is 14.4 Å². The molecule has 0 bridgehead atoms. The van der Waals surface area contributed by atoms with Crippen molar-refractivity contribution in [2.24, 2.45) is 0 Å². The highest BCUT2D eigenvalue weighted by Crippen LogP contribution is 2.17. The van der Waals surface area contributed by atoms with Crippen LogP contribution in [0.25, 0.3) is 5.76 Å². The number of rotatable bonds is 5. The highest BCUT2D eigenvalue weighted by Gasteiger charge is 2.11. The molecular formula is C16H15NO4. The maximum atomic E-state index is 11.4. The first-order valence-electron chi connectivity index (χ1n) is 6.27. The summed E-state index contributed by atoms with van der Waals surface area (Å²) in [6.07, 6.45) is 0.718. The molecule has 21 heavy (non-hydrogen) atoms. The van der Waals surface area contributed by atoms with E-state index in [1.807, 2.05) is 0 Å². The van der Waals surface area contributed by atoms with E-state index in [4.69, 9.17) is 0 Å². The molecular weight excluding hydrogens is 270 g/mol. The number of esters is 1. The van der Waals surface area contributed by atoms with E-state index in [1.165, 1.54) is 7.11 Å². The number of carbonyl (C=O) groups is 2. The number of aliphatic hydroxyl groups excluding tert-OH is 1. The number of hydrogen-bond acceptors (Lipinski definition) is 4. The predicted molar refractivity (Wildman–Crippen MR) is 78.4 cm³/mol. The Labute approximate surface area is 122 Å². The van der Waals surface area contributed by atoms with E-state index in [0.29, 0.717) is 23.5 Å². The Morgan fingerprint density at radius 2 is 1.95 bits per heavy atom. The van der Waals surface area contributed by atoms with Crippen LogP contribution in [0.2, 0.25) is 0 Å². The van der Waals surface area contributed by atoms with Gasteiger partial charge in [-0.25, -0.2) is 4.79 Å². The first-order chi connectivity index (χ1) is 10.1. The van der Waals surface area contributed by atoms with Crippen LogP contribution in [0.15, 0.2) is 43.0 Å². The van der Waals surface area contributed by atoms with Gasteiger partial charge in [0.15, 0.2) is 6.29 Å². The summed E-state index contributed by atoms with van der Waals surface area (Å²) < 4.78 is 6.29. The molecule has 5 nitrogen and oxygen atoms in total. The van der Waals surface area contributed by atoms with Crippen LogP contribution in [-0.2, 0) is 11.3 Å². The Balaban J connectivity index is 2.30. The lowest BCUT2D eigenvalue weighted by molar-refractivity contribution is 0.0600. The minimum absolute atomic E-state index is 0.103. The number of aldehydes is 1.